The molecular weight excluding hydrogens is 466 g/mol. The molecule has 0 saturated heterocycles. The number of halogens is 1. The Hall–Kier alpha value is -3.01. The van der Waals surface area contributed by atoms with E-state index >= 15 is 0 Å². The predicted molar refractivity (Wildman–Crippen MR) is 111 cm³/mol. The highest BCUT2D eigenvalue weighted by atomic mass is 79.9. The molecule has 3 aromatic rings. The van der Waals surface area contributed by atoms with E-state index in [1.54, 1.807) is 10.9 Å². The fourth-order valence-electron chi connectivity index (χ4n) is 5.13. The maximum atomic E-state index is 11.3. The van der Waals surface area contributed by atoms with Gasteiger partial charge in [-0.1, -0.05) is 15.9 Å². The van der Waals surface area contributed by atoms with Crippen LogP contribution in [0.4, 0.5) is 0 Å². The third-order valence-corrected chi connectivity index (χ3v) is 7.25. The number of nitrogens with one attached hydrogen (secondary N) is 1. The zero-order valence-electron chi connectivity index (χ0n) is 16.2. The maximum absolute atomic E-state index is 11.3. The van der Waals surface area contributed by atoms with E-state index in [-0.39, 0.29) is 11.4 Å². The average Bonchev–Trinajstić information content (AvgIpc) is 3.43. The van der Waals surface area contributed by atoms with Crippen molar-refractivity contribution in [1.29, 1.82) is 0 Å². The Bertz CT molecular complexity index is 1260. The van der Waals surface area contributed by atoms with Crippen LogP contribution < -0.4 is 0 Å². The fraction of sp³-hybridized carbons (Fsp3) is 0.381. The summed E-state index contributed by atoms with van der Waals surface area (Å²) in [6.45, 7) is 0. The van der Waals surface area contributed by atoms with Crippen molar-refractivity contribution in [2.75, 3.05) is 0 Å². The lowest BCUT2D eigenvalue weighted by atomic mass is 10.1. The first-order valence-electron chi connectivity index (χ1n) is 10.2. The average molecular weight is 484 g/mol. The first-order valence-corrected chi connectivity index (χ1v) is 11.0. The quantitative estimate of drug-likeness (QED) is 0.520. The lowest BCUT2D eigenvalue weighted by molar-refractivity contribution is 0.0678. The number of carboxylic acid groups (broad SMARTS) is 2. The van der Waals surface area contributed by atoms with Crippen molar-refractivity contribution < 1.29 is 19.8 Å². The number of hydrogen-bond acceptors (Lipinski definition) is 5. The standard InChI is InChI=1S/C13H10BrN3O2.C8H8N2O2/c14-7-1-2-15-10(5-7)17-12-8-3-6(8)4-9(12)11(16-17)13(18)19;11-8(12)7-5-2-3-1-4(3)6(5)9-10-7/h1-2,5-6,8H,3-4H2,(H,18,19);3-4H,1-2H2,(H,9,10)(H,11,12)/t6-,8-;/m1./s1. The third-order valence-electron chi connectivity index (χ3n) is 6.75. The van der Waals surface area contributed by atoms with Gasteiger partial charge in [-0.25, -0.2) is 19.3 Å². The molecule has 7 rings (SSSR count). The largest absolute Gasteiger partial charge is 0.476 e. The minimum absolute atomic E-state index is 0.184. The fourth-order valence-corrected chi connectivity index (χ4v) is 5.45. The first-order chi connectivity index (χ1) is 14.9. The van der Waals surface area contributed by atoms with E-state index in [0.29, 0.717) is 29.5 Å². The number of hydrogen-bond donors (Lipinski definition) is 3. The van der Waals surface area contributed by atoms with Crippen LogP contribution in [0.25, 0.3) is 5.82 Å². The first kappa shape index (κ1) is 18.7. The molecule has 10 heteroatoms. The van der Waals surface area contributed by atoms with E-state index in [4.69, 9.17) is 5.11 Å². The number of aromatic carboxylic acids is 2. The molecule has 4 aliphatic carbocycles. The lowest BCUT2D eigenvalue weighted by Gasteiger charge is -2.05. The number of fused-ring (bicyclic) bond motifs is 6. The van der Waals surface area contributed by atoms with Gasteiger partial charge in [-0.3, -0.25) is 5.10 Å². The molecule has 0 aromatic carbocycles. The Labute approximate surface area is 184 Å². The Kier molecular flexibility index (Phi) is 3.92. The summed E-state index contributed by atoms with van der Waals surface area (Å²) in [7, 11) is 0. The molecule has 2 fully saturated rings. The van der Waals surface area contributed by atoms with Crippen LogP contribution in [0.2, 0.25) is 0 Å². The number of pyridine rings is 1. The van der Waals surface area contributed by atoms with Crippen molar-refractivity contribution in [2.24, 2.45) is 11.8 Å². The van der Waals surface area contributed by atoms with Gasteiger partial charge in [0.1, 0.15) is 0 Å². The highest BCUT2D eigenvalue weighted by Gasteiger charge is 2.50. The predicted octanol–water partition coefficient (Wildman–Crippen LogP) is 3.16. The van der Waals surface area contributed by atoms with E-state index in [1.807, 2.05) is 12.1 Å². The second-order valence-corrected chi connectivity index (χ2v) is 9.56. The Morgan fingerprint density at radius 3 is 2.52 bits per heavy atom. The molecule has 2 unspecified atom stereocenters. The highest BCUT2D eigenvalue weighted by Crippen LogP contribution is 2.57. The van der Waals surface area contributed by atoms with Gasteiger partial charge in [0.15, 0.2) is 17.2 Å². The van der Waals surface area contributed by atoms with Crippen molar-refractivity contribution in [1.82, 2.24) is 25.0 Å². The molecule has 3 heterocycles. The van der Waals surface area contributed by atoms with Gasteiger partial charge in [-0.05, 0) is 49.7 Å². The van der Waals surface area contributed by atoms with Crippen LogP contribution >= 0.6 is 15.9 Å². The Morgan fingerprint density at radius 1 is 1.06 bits per heavy atom. The number of rotatable bonds is 3. The van der Waals surface area contributed by atoms with Crippen LogP contribution in [0.3, 0.4) is 0 Å². The van der Waals surface area contributed by atoms with Crippen LogP contribution in [0, 0.1) is 11.8 Å². The van der Waals surface area contributed by atoms with Crippen molar-refractivity contribution in [2.45, 2.75) is 37.5 Å². The number of H-pyrrole nitrogens is 1. The van der Waals surface area contributed by atoms with Crippen molar-refractivity contribution in [3.05, 3.63) is 56.7 Å². The van der Waals surface area contributed by atoms with Crippen LogP contribution in [0.15, 0.2) is 22.8 Å². The van der Waals surface area contributed by atoms with E-state index < -0.39 is 11.9 Å². The summed E-state index contributed by atoms with van der Waals surface area (Å²) in [4.78, 5) is 26.2. The zero-order valence-corrected chi connectivity index (χ0v) is 17.8. The molecule has 4 atom stereocenters. The number of carboxylic acids is 2. The minimum Gasteiger partial charge on any atom is -0.476 e. The summed E-state index contributed by atoms with van der Waals surface area (Å²) in [6, 6.07) is 3.69. The SMILES string of the molecule is O=C(O)c1n[nH]c2c1CC1CC21.O=C(O)c1nn(-c2cc(Br)ccn2)c2c1C[C@H]1C[C@@H]21. The van der Waals surface area contributed by atoms with E-state index in [9.17, 15) is 14.7 Å². The molecule has 0 aliphatic heterocycles. The Morgan fingerprint density at radius 2 is 1.77 bits per heavy atom. The molecule has 0 spiro atoms. The van der Waals surface area contributed by atoms with Crippen LogP contribution in [-0.2, 0) is 12.8 Å². The Balaban J connectivity index is 0.000000132. The van der Waals surface area contributed by atoms with Crippen LogP contribution in [-0.4, -0.2) is 47.1 Å². The number of carbonyl (C=O) groups is 2. The topological polar surface area (TPSA) is 134 Å². The molecule has 3 aromatic heterocycles. The van der Waals surface area contributed by atoms with Crippen molar-refractivity contribution in [3.63, 3.8) is 0 Å². The van der Waals surface area contributed by atoms with Crippen LogP contribution in [0.1, 0.15) is 68.2 Å². The molecule has 9 nitrogen and oxygen atoms in total. The second-order valence-electron chi connectivity index (χ2n) is 8.64. The van der Waals surface area contributed by atoms with E-state index in [1.165, 1.54) is 6.42 Å². The summed E-state index contributed by atoms with van der Waals surface area (Å²) in [5, 5.41) is 28.9. The number of aromatic nitrogens is 5. The van der Waals surface area contributed by atoms with Crippen LogP contribution in [0.5, 0.6) is 0 Å². The highest BCUT2D eigenvalue weighted by molar-refractivity contribution is 9.10. The summed E-state index contributed by atoms with van der Waals surface area (Å²) < 4.78 is 2.62. The molecular formula is C21H18BrN5O4. The van der Waals surface area contributed by atoms with Gasteiger partial charge in [0.25, 0.3) is 0 Å². The molecule has 2 saturated carbocycles. The van der Waals surface area contributed by atoms with Crippen molar-refractivity contribution in [3.8, 4) is 5.82 Å². The van der Waals surface area contributed by atoms with Gasteiger partial charge in [0, 0.05) is 39.3 Å². The molecule has 31 heavy (non-hydrogen) atoms. The van der Waals surface area contributed by atoms with E-state index in [0.717, 1.165) is 46.2 Å². The molecule has 158 valence electrons. The normalized spacial score (nSPS) is 25.6. The summed E-state index contributed by atoms with van der Waals surface area (Å²) in [6.07, 6.45) is 5.81. The lowest BCUT2D eigenvalue weighted by Crippen LogP contribution is -2.05. The molecule has 0 bridgehead atoms. The monoisotopic (exact) mass is 483 g/mol. The summed E-state index contributed by atoms with van der Waals surface area (Å²) in [5.74, 6) is 1.21. The van der Waals surface area contributed by atoms with Gasteiger partial charge in [0.2, 0.25) is 0 Å². The zero-order chi connectivity index (χ0) is 21.4. The molecule has 3 N–H and O–H groups in total. The smallest absolute Gasteiger partial charge is 0.356 e. The van der Waals surface area contributed by atoms with Gasteiger partial charge in [0.05, 0.1) is 5.69 Å². The molecule has 4 aliphatic rings. The van der Waals surface area contributed by atoms with Crippen molar-refractivity contribution >= 4 is 27.9 Å². The maximum Gasteiger partial charge on any atom is 0.356 e. The molecule has 0 radical (unpaired) electrons. The van der Waals surface area contributed by atoms with Gasteiger partial charge < -0.3 is 10.2 Å². The third kappa shape index (κ3) is 2.92. The second kappa shape index (κ2) is 6.49. The number of nitrogens with zero attached hydrogens (tertiary/aromatic N) is 4. The van der Waals surface area contributed by atoms with Gasteiger partial charge >= 0.3 is 11.9 Å². The summed E-state index contributed by atoms with van der Waals surface area (Å²) in [5.41, 5.74) is 4.39. The molecule has 0 amide bonds. The van der Waals surface area contributed by atoms with Gasteiger partial charge in [-0.15, -0.1) is 0 Å². The van der Waals surface area contributed by atoms with Gasteiger partial charge in [-0.2, -0.15) is 10.2 Å². The minimum atomic E-state index is -0.953. The summed E-state index contributed by atoms with van der Waals surface area (Å²) >= 11 is 3.40. The van der Waals surface area contributed by atoms with E-state index in [2.05, 4.69) is 36.2 Å². The number of aromatic amines is 1.